The van der Waals surface area contributed by atoms with E-state index in [1.54, 1.807) is 18.0 Å². The summed E-state index contributed by atoms with van der Waals surface area (Å²) in [5.74, 6) is 0.702. The van der Waals surface area contributed by atoms with Gasteiger partial charge in [0.1, 0.15) is 5.75 Å². The van der Waals surface area contributed by atoms with Crippen LogP contribution in [0, 0.1) is 0 Å². The van der Waals surface area contributed by atoms with Crippen molar-refractivity contribution in [2.75, 3.05) is 50.1 Å². The van der Waals surface area contributed by atoms with Crippen LogP contribution in [0.25, 0.3) is 11.3 Å². The van der Waals surface area contributed by atoms with Crippen LogP contribution in [0.5, 0.6) is 5.75 Å². The molecule has 2 aromatic carbocycles. The van der Waals surface area contributed by atoms with Gasteiger partial charge in [0.15, 0.2) is 0 Å². The van der Waals surface area contributed by atoms with Crippen molar-refractivity contribution in [3.05, 3.63) is 59.2 Å². The summed E-state index contributed by atoms with van der Waals surface area (Å²) in [6, 6.07) is 16.0. The Balaban J connectivity index is 1.39. The molecule has 0 aliphatic carbocycles. The number of benzene rings is 2. The maximum atomic E-state index is 12.7. The number of carbonyl (C=O) groups is 1. The number of aromatic nitrogens is 2. The van der Waals surface area contributed by atoms with Crippen molar-refractivity contribution in [2.45, 2.75) is 0 Å². The molecular weight excluding hydrogens is 458 g/mol. The number of rotatable bonds is 6. The lowest BCUT2D eigenvalue weighted by Crippen LogP contribution is -2.48. The molecule has 1 saturated heterocycles. The molecule has 31 heavy (non-hydrogen) atoms. The number of nitrogens with zero attached hydrogens (tertiary/aromatic N) is 4. The van der Waals surface area contributed by atoms with Gasteiger partial charge in [0.2, 0.25) is 5.91 Å². The Hall–Kier alpha value is -2.84. The van der Waals surface area contributed by atoms with E-state index in [4.69, 9.17) is 4.74 Å². The Morgan fingerprint density at radius 3 is 2.52 bits per heavy atom. The minimum atomic E-state index is -0.0200. The van der Waals surface area contributed by atoms with Crippen LogP contribution in [0.15, 0.2) is 59.2 Å². The molecule has 1 N–H and O–H groups in total. The molecule has 1 amide bonds. The molecule has 1 fully saturated rings. The molecule has 4 rings (SSSR count). The lowest BCUT2D eigenvalue weighted by Gasteiger charge is -2.35. The fraction of sp³-hybridized carbons (Fsp3) is 0.304. The van der Waals surface area contributed by atoms with Crippen LogP contribution in [0.4, 0.5) is 11.4 Å². The van der Waals surface area contributed by atoms with E-state index in [9.17, 15) is 4.79 Å². The first kappa shape index (κ1) is 21.4. The van der Waals surface area contributed by atoms with Crippen LogP contribution in [0.1, 0.15) is 0 Å². The van der Waals surface area contributed by atoms with Gasteiger partial charge in [0.05, 0.1) is 30.0 Å². The second-order valence-corrected chi connectivity index (χ2v) is 8.38. The number of anilines is 2. The molecule has 2 heterocycles. The third-order valence-electron chi connectivity index (χ3n) is 5.49. The normalized spacial score (nSPS) is 14.5. The van der Waals surface area contributed by atoms with E-state index in [0.717, 1.165) is 53.3 Å². The van der Waals surface area contributed by atoms with Crippen LogP contribution < -0.4 is 15.0 Å². The molecule has 0 saturated carbocycles. The van der Waals surface area contributed by atoms with Gasteiger partial charge in [-0.1, -0.05) is 18.2 Å². The summed E-state index contributed by atoms with van der Waals surface area (Å²) < 4.78 is 8.17. The molecule has 0 bridgehead atoms. The number of hydrogen-bond donors (Lipinski definition) is 1. The summed E-state index contributed by atoms with van der Waals surface area (Å²) in [5.41, 5.74) is 3.73. The standard InChI is InChI=1S/C23H26BrN5O2/c1-27-23(20(24)15-25-27)19-14-17(8-9-21(19)31-2)26-22(30)16-28-10-12-29(13-11-28)18-6-4-3-5-7-18/h3-9,14-15H,10-13,16H2,1-2H3,(H,26,30). The highest BCUT2D eigenvalue weighted by molar-refractivity contribution is 9.10. The van der Waals surface area contributed by atoms with Crippen molar-refractivity contribution in [1.82, 2.24) is 14.7 Å². The van der Waals surface area contributed by atoms with Gasteiger partial charge >= 0.3 is 0 Å². The van der Waals surface area contributed by atoms with Crippen molar-refractivity contribution >= 4 is 33.2 Å². The van der Waals surface area contributed by atoms with Crippen molar-refractivity contribution in [1.29, 1.82) is 0 Å². The zero-order valence-corrected chi connectivity index (χ0v) is 19.3. The first-order chi connectivity index (χ1) is 15.0. The van der Waals surface area contributed by atoms with Gasteiger partial charge in [-0.25, -0.2) is 0 Å². The number of aryl methyl sites for hydroxylation is 1. The van der Waals surface area contributed by atoms with Gasteiger partial charge in [-0.05, 0) is 46.3 Å². The predicted molar refractivity (Wildman–Crippen MR) is 127 cm³/mol. The number of hydrogen-bond acceptors (Lipinski definition) is 5. The second-order valence-electron chi connectivity index (χ2n) is 7.53. The van der Waals surface area contributed by atoms with E-state index in [1.165, 1.54) is 5.69 Å². The molecule has 0 spiro atoms. The SMILES string of the molecule is COc1ccc(NC(=O)CN2CCN(c3ccccc3)CC2)cc1-c1c(Br)cnn1C. The topological polar surface area (TPSA) is 62.6 Å². The van der Waals surface area contributed by atoms with E-state index < -0.39 is 0 Å². The lowest BCUT2D eigenvalue weighted by molar-refractivity contribution is -0.117. The van der Waals surface area contributed by atoms with Gasteiger partial charge in [0.25, 0.3) is 0 Å². The Morgan fingerprint density at radius 2 is 1.87 bits per heavy atom. The first-order valence-electron chi connectivity index (χ1n) is 10.2. The van der Waals surface area contributed by atoms with Crippen molar-refractivity contribution in [3.63, 3.8) is 0 Å². The number of nitrogens with one attached hydrogen (secondary N) is 1. The van der Waals surface area contributed by atoms with E-state index in [-0.39, 0.29) is 5.91 Å². The molecule has 1 aliphatic heterocycles. The van der Waals surface area contributed by atoms with Crippen molar-refractivity contribution < 1.29 is 9.53 Å². The van der Waals surface area contributed by atoms with Gasteiger partial charge < -0.3 is 15.0 Å². The highest BCUT2D eigenvalue weighted by atomic mass is 79.9. The minimum absolute atomic E-state index is 0.0200. The fourth-order valence-corrected chi connectivity index (χ4v) is 4.45. The number of methoxy groups -OCH3 is 1. The molecule has 3 aromatic rings. The third-order valence-corrected chi connectivity index (χ3v) is 6.07. The summed E-state index contributed by atoms with van der Waals surface area (Å²) in [6.07, 6.45) is 1.75. The first-order valence-corrected chi connectivity index (χ1v) is 11.0. The summed E-state index contributed by atoms with van der Waals surface area (Å²) in [6.45, 7) is 3.92. The third kappa shape index (κ3) is 4.91. The van der Waals surface area contributed by atoms with E-state index >= 15 is 0 Å². The summed E-state index contributed by atoms with van der Waals surface area (Å²) in [5, 5.41) is 7.31. The second kappa shape index (κ2) is 9.53. The number of halogens is 1. The highest BCUT2D eigenvalue weighted by Gasteiger charge is 2.20. The fourth-order valence-electron chi connectivity index (χ4n) is 3.89. The molecule has 1 aliphatic rings. The van der Waals surface area contributed by atoms with Gasteiger partial charge in [-0.3, -0.25) is 14.4 Å². The average Bonchev–Trinajstić information content (AvgIpc) is 3.12. The maximum absolute atomic E-state index is 12.7. The van der Waals surface area contributed by atoms with Crippen LogP contribution in [-0.2, 0) is 11.8 Å². The summed E-state index contributed by atoms with van der Waals surface area (Å²) >= 11 is 3.54. The quantitative estimate of drug-likeness (QED) is 0.579. The smallest absolute Gasteiger partial charge is 0.238 e. The number of amides is 1. The van der Waals surface area contributed by atoms with Crippen LogP contribution >= 0.6 is 15.9 Å². The van der Waals surface area contributed by atoms with Crippen LogP contribution in [0.2, 0.25) is 0 Å². The Labute approximate surface area is 190 Å². The van der Waals surface area contributed by atoms with Gasteiger partial charge in [0, 0.05) is 50.2 Å². The Kier molecular flexibility index (Phi) is 6.58. The number of piperazine rings is 1. The summed E-state index contributed by atoms with van der Waals surface area (Å²) in [4.78, 5) is 17.2. The van der Waals surface area contributed by atoms with Gasteiger partial charge in [-0.15, -0.1) is 0 Å². The lowest BCUT2D eigenvalue weighted by atomic mass is 10.1. The van der Waals surface area contributed by atoms with E-state index in [2.05, 4.69) is 60.4 Å². The molecule has 0 unspecified atom stereocenters. The Bertz CT molecular complexity index is 1030. The molecule has 0 radical (unpaired) electrons. The van der Waals surface area contributed by atoms with Crippen molar-refractivity contribution in [3.8, 4) is 17.0 Å². The zero-order chi connectivity index (χ0) is 21.8. The Morgan fingerprint density at radius 1 is 1.13 bits per heavy atom. The number of ether oxygens (including phenoxy) is 1. The molecule has 1 aromatic heterocycles. The zero-order valence-electron chi connectivity index (χ0n) is 17.7. The van der Waals surface area contributed by atoms with Crippen LogP contribution in [0.3, 0.4) is 0 Å². The minimum Gasteiger partial charge on any atom is -0.496 e. The average molecular weight is 484 g/mol. The predicted octanol–water partition coefficient (Wildman–Crippen LogP) is 3.62. The molecule has 0 atom stereocenters. The van der Waals surface area contributed by atoms with Crippen LogP contribution in [-0.4, -0.2) is 60.4 Å². The molecule has 7 nitrogen and oxygen atoms in total. The molecule has 8 heteroatoms. The van der Waals surface area contributed by atoms with E-state index in [1.807, 2.05) is 31.3 Å². The number of para-hydroxylation sites is 1. The van der Waals surface area contributed by atoms with Gasteiger partial charge in [-0.2, -0.15) is 5.10 Å². The maximum Gasteiger partial charge on any atom is 0.238 e. The summed E-state index contributed by atoms with van der Waals surface area (Å²) in [7, 11) is 3.51. The van der Waals surface area contributed by atoms with E-state index in [0.29, 0.717) is 6.54 Å². The number of carbonyl (C=O) groups excluding carboxylic acids is 1. The molecular formula is C23H26BrN5O2. The van der Waals surface area contributed by atoms with Crippen molar-refractivity contribution in [2.24, 2.45) is 7.05 Å². The highest BCUT2D eigenvalue weighted by Crippen LogP contribution is 2.36. The largest absolute Gasteiger partial charge is 0.496 e. The monoisotopic (exact) mass is 483 g/mol. The molecule has 162 valence electrons.